The molecule has 0 atom stereocenters. The van der Waals surface area contributed by atoms with Gasteiger partial charge < -0.3 is 5.73 Å². The molecule has 1 heterocycles. The Kier molecular flexibility index (Phi) is 5.77. The topological polar surface area (TPSA) is 80.4 Å². The molecule has 148 valence electrons. The van der Waals surface area contributed by atoms with Crippen LogP contribution in [0.15, 0.2) is 93.9 Å². The lowest BCUT2D eigenvalue weighted by Gasteiger charge is -2.08. The molecule has 0 bridgehead atoms. The molecule has 0 saturated heterocycles. The van der Waals surface area contributed by atoms with Crippen molar-refractivity contribution in [3.63, 3.8) is 0 Å². The van der Waals surface area contributed by atoms with E-state index in [-0.39, 0.29) is 5.91 Å². The molecule has 3 N–H and O–H groups in total. The van der Waals surface area contributed by atoms with Crippen LogP contribution in [0.25, 0.3) is 10.9 Å². The summed E-state index contributed by atoms with van der Waals surface area (Å²) >= 11 is 1.56. The second-order valence-electron chi connectivity index (χ2n) is 6.78. The zero-order valence-electron chi connectivity index (χ0n) is 16.4. The maximum absolute atomic E-state index is 12.4. The molecule has 3 aromatic carbocycles. The molecule has 6 heteroatoms. The summed E-state index contributed by atoms with van der Waals surface area (Å²) in [4.78, 5) is 18.2. The number of anilines is 1. The molecule has 0 fully saturated rings. The molecule has 0 spiro atoms. The number of para-hydroxylation sites is 2. The van der Waals surface area contributed by atoms with Crippen molar-refractivity contribution < 1.29 is 4.79 Å². The van der Waals surface area contributed by atoms with Crippen molar-refractivity contribution >= 4 is 40.5 Å². The number of fused-ring (bicyclic) bond motifs is 1. The normalized spacial score (nSPS) is 11.1. The van der Waals surface area contributed by atoms with Crippen molar-refractivity contribution in [2.75, 3.05) is 5.73 Å². The fourth-order valence-corrected chi connectivity index (χ4v) is 3.80. The standard InChI is InChI=1S/C24H20N4OS/c1-16-10-12-19(13-11-16)30-24-18(14-17-6-2-5-9-22(17)27-24)15-26-28-23(29)20-7-3-4-8-21(20)25/h2-15H,25H2,1H3,(H,28,29)/b26-15+. The number of pyridine rings is 1. The Hall–Kier alpha value is -3.64. The Bertz CT molecular complexity index is 1240. The Labute approximate surface area is 179 Å². The molecule has 0 radical (unpaired) electrons. The van der Waals surface area contributed by atoms with E-state index in [0.717, 1.165) is 26.4 Å². The van der Waals surface area contributed by atoms with Crippen LogP contribution in [-0.2, 0) is 0 Å². The van der Waals surface area contributed by atoms with E-state index in [1.54, 1.807) is 42.2 Å². The predicted octanol–water partition coefficient (Wildman–Crippen LogP) is 5.04. The molecule has 1 aromatic heterocycles. The molecule has 0 aliphatic rings. The summed E-state index contributed by atoms with van der Waals surface area (Å²) in [6, 6.07) is 25.1. The van der Waals surface area contributed by atoms with E-state index in [1.165, 1.54) is 5.56 Å². The number of nitrogen functional groups attached to an aromatic ring is 1. The third-order valence-corrected chi connectivity index (χ3v) is 5.56. The van der Waals surface area contributed by atoms with Crippen molar-refractivity contribution in [2.24, 2.45) is 5.10 Å². The van der Waals surface area contributed by atoms with Gasteiger partial charge in [-0.15, -0.1) is 0 Å². The summed E-state index contributed by atoms with van der Waals surface area (Å²) in [5.74, 6) is -0.356. The summed E-state index contributed by atoms with van der Waals surface area (Å²) < 4.78 is 0. The monoisotopic (exact) mass is 412 g/mol. The Balaban J connectivity index is 1.62. The molecule has 0 aliphatic heterocycles. The number of hydrogen-bond donors (Lipinski definition) is 2. The number of aromatic nitrogens is 1. The zero-order chi connectivity index (χ0) is 20.9. The summed E-state index contributed by atoms with van der Waals surface area (Å²) in [5, 5.41) is 5.97. The predicted molar refractivity (Wildman–Crippen MR) is 123 cm³/mol. The lowest BCUT2D eigenvalue weighted by atomic mass is 10.2. The first-order valence-corrected chi connectivity index (χ1v) is 10.2. The average Bonchev–Trinajstić information content (AvgIpc) is 2.76. The van der Waals surface area contributed by atoms with Crippen LogP contribution in [0, 0.1) is 6.92 Å². The lowest BCUT2D eigenvalue weighted by molar-refractivity contribution is 0.0956. The molecular weight excluding hydrogens is 392 g/mol. The van der Waals surface area contributed by atoms with Crippen LogP contribution < -0.4 is 11.2 Å². The number of nitrogens with two attached hydrogens (primary N) is 1. The molecule has 0 aliphatic carbocycles. The van der Waals surface area contributed by atoms with E-state index in [0.29, 0.717) is 11.3 Å². The maximum Gasteiger partial charge on any atom is 0.273 e. The molecule has 0 unspecified atom stereocenters. The van der Waals surface area contributed by atoms with Crippen molar-refractivity contribution in [3.8, 4) is 0 Å². The number of benzene rings is 3. The van der Waals surface area contributed by atoms with Crippen molar-refractivity contribution in [2.45, 2.75) is 16.8 Å². The van der Waals surface area contributed by atoms with Gasteiger partial charge in [0.1, 0.15) is 5.03 Å². The van der Waals surface area contributed by atoms with Gasteiger partial charge in [0.25, 0.3) is 5.91 Å². The smallest absolute Gasteiger partial charge is 0.273 e. The third kappa shape index (κ3) is 4.50. The fraction of sp³-hybridized carbons (Fsp3) is 0.0417. The minimum absolute atomic E-state index is 0.356. The Morgan fingerprint density at radius 2 is 1.77 bits per heavy atom. The van der Waals surface area contributed by atoms with Gasteiger partial charge in [-0.25, -0.2) is 10.4 Å². The van der Waals surface area contributed by atoms with Crippen LogP contribution >= 0.6 is 11.8 Å². The molecule has 5 nitrogen and oxygen atoms in total. The number of rotatable bonds is 5. The van der Waals surface area contributed by atoms with Crippen LogP contribution in [0.4, 0.5) is 5.69 Å². The van der Waals surface area contributed by atoms with Crippen LogP contribution in [0.3, 0.4) is 0 Å². The number of nitrogens with zero attached hydrogens (tertiary/aromatic N) is 2. The first-order chi connectivity index (χ1) is 14.6. The summed E-state index contributed by atoms with van der Waals surface area (Å²) in [6.45, 7) is 2.06. The van der Waals surface area contributed by atoms with Crippen molar-refractivity contribution in [3.05, 3.63) is 95.6 Å². The number of carbonyl (C=O) groups excluding carboxylic acids is 1. The highest BCUT2D eigenvalue weighted by atomic mass is 32.2. The van der Waals surface area contributed by atoms with Crippen molar-refractivity contribution in [1.82, 2.24) is 10.4 Å². The van der Waals surface area contributed by atoms with E-state index < -0.39 is 0 Å². The van der Waals surface area contributed by atoms with Gasteiger partial charge in [0.05, 0.1) is 17.3 Å². The number of amides is 1. The first-order valence-electron chi connectivity index (χ1n) is 9.42. The first kappa shape index (κ1) is 19.7. The number of aryl methyl sites for hydroxylation is 1. The van der Waals surface area contributed by atoms with Crippen molar-refractivity contribution in [1.29, 1.82) is 0 Å². The highest BCUT2D eigenvalue weighted by molar-refractivity contribution is 7.99. The molecule has 4 rings (SSSR count). The molecule has 4 aromatic rings. The highest BCUT2D eigenvalue weighted by Gasteiger charge is 2.10. The van der Waals surface area contributed by atoms with Crippen LogP contribution in [-0.4, -0.2) is 17.1 Å². The van der Waals surface area contributed by atoms with Gasteiger partial charge in [-0.2, -0.15) is 5.10 Å². The number of hydrazone groups is 1. The van der Waals surface area contributed by atoms with Gasteiger partial charge in [0, 0.05) is 21.5 Å². The van der Waals surface area contributed by atoms with Crippen LogP contribution in [0.5, 0.6) is 0 Å². The van der Waals surface area contributed by atoms with Crippen LogP contribution in [0.2, 0.25) is 0 Å². The highest BCUT2D eigenvalue weighted by Crippen LogP contribution is 2.30. The lowest BCUT2D eigenvalue weighted by Crippen LogP contribution is -2.19. The number of carbonyl (C=O) groups is 1. The minimum Gasteiger partial charge on any atom is -0.398 e. The quantitative estimate of drug-likeness (QED) is 0.273. The van der Waals surface area contributed by atoms with Gasteiger partial charge >= 0.3 is 0 Å². The van der Waals surface area contributed by atoms with E-state index in [1.807, 2.05) is 30.3 Å². The second kappa shape index (κ2) is 8.80. The Morgan fingerprint density at radius 3 is 2.57 bits per heavy atom. The van der Waals surface area contributed by atoms with E-state index in [4.69, 9.17) is 10.7 Å². The van der Waals surface area contributed by atoms with Gasteiger partial charge in [0.2, 0.25) is 0 Å². The van der Waals surface area contributed by atoms with E-state index in [2.05, 4.69) is 41.7 Å². The SMILES string of the molecule is Cc1ccc(Sc2nc3ccccc3cc2/C=N/NC(=O)c2ccccc2N)cc1. The largest absolute Gasteiger partial charge is 0.398 e. The molecule has 30 heavy (non-hydrogen) atoms. The zero-order valence-corrected chi connectivity index (χ0v) is 17.2. The van der Waals surface area contributed by atoms with E-state index in [9.17, 15) is 4.79 Å². The minimum atomic E-state index is -0.356. The summed E-state index contributed by atoms with van der Waals surface area (Å²) in [6.07, 6.45) is 1.62. The number of hydrogen-bond acceptors (Lipinski definition) is 5. The molecule has 1 amide bonds. The molecular formula is C24H20N4OS. The van der Waals surface area contributed by atoms with Gasteiger partial charge in [-0.1, -0.05) is 59.8 Å². The maximum atomic E-state index is 12.4. The van der Waals surface area contributed by atoms with E-state index >= 15 is 0 Å². The fourth-order valence-electron chi connectivity index (χ4n) is 2.93. The average molecular weight is 413 g/mol. The second-order valence-corrected chi connectivity index (χ2v) is 7.84. The number of nitrogens with one attached hydrogen (secondary N) is 1. The molecule has 0 saturated carbocycles. The summed E-state index contributed by atoms with van der Waals surface area (Å²) in [7, 11) is 0. The van der Waals surface area contributed by atoms with Gasteiger partial charge in [-0.05, 0) is 43.3 Å². The third-order valence-electron chi connectivity index (χ3n) is 4.53. The Morgan fingerprint density at radius 1 is 1.03 bits per heavy atom. The summed E-state index contributed by atoms with van der Waals surface area (Å²) in [5.41, 5.74) is 12.1. The van der Waals surface area contributed by atoms with Crippen LogP contribution in [0.1, 0.15) is 21.5 Å². The van der Waals surface area contributed by atoms with Gasteiger partial charge in [0.15, 0.2) is 0 Å². The van der Waals surface area contributed by atoms with Gasteiger partial charge in [-0.3, -0.25) is 4.79 Å².